The van der Waals surface area contributed by atoms with Gasteiger partial charge in [-0.15, -0.1) is 0 Å². The molecule has 0 bridgehead atoms. The number of carbonyl (C=O) groups is 3. The van der Waals surface area contributed by atoms with Gasteiger partial charge in [0, 0.05) is 21.2 Å². The van der Waals surface area contributed by atoms with E-state index in [9.17, 15) is 19.5 Å². The number of para-hydroxylation sites is 1. The quantitative estimate of drug-likeness (QED) is 0.263. The SMILES string of the molecule is O=C1NC(=S)N(c2cccc(C(=O)O)c2)C(=O)C1=Cc1ccccc1OCc1ccc(Cl)cc1Cl. The Morgan fingerprint density at radius 1 is 1.06 bits per heavy atom. The maximum absolute atomic E-state index is 13.3. The summed E-state index contributed by atoms with van der Waals surface area (Å²) in [6.07, 6.45) is 1.40. The van der Waals surface area contributed by atoms with Gasteiger partial charge in [-0.05, 0) is 54.7 Å². The maximum Gasteiger partial charge on any atom is 0.335 e. The Hall–Kier alpha value is -3.72. The molecule has 0 atom stereocenters. The predicted octanol–water partition coefficient (Wildman–Crippen LogP) is 5.10. The molecular weight excluding hydrogens is 511 g/mol. The van der Waals surface area contributed by atoms with Gasteiger partial charge in [0.05, 0.1) is 11.3 Å². The topological polar surface area (TPSA) is 95.9 Å². The number of halogens is 2. The number of amides is 2. The van der Waals surface area contributed by atoms with Crippen LogP contribution in [0.1, 0.15) is 21.5 Å². The summed E-state index contributed by atoms with van der Waals surface area (Å²) in [4.78, 5) is 38.4. The average Bonchev–Trinajstić information content (AvgIpc) is 2.82. The highest BCUT2D eigenvalue weighted by Crippen LogP contribution is 2.28. The molecule has 0 aromatic heterocycles. The van der Waals surface area contributed by atoms with Crippen LogP contribution in [0.25, 0.3) is 6.08 Å². The molecule has 2 amide bonds. The minimum absolute atomic E-state index is 0.0277. The first kappa shape index (κ1) is 24.4. The molecule has 0 aliphatic carbocycles. The van der Waals surface area contributed by atoms with Crippen molar-refractivity contribution in [1.82, 2.24) is 5.32 Å². The first-order valence-electron chi connectivity index (χ1n) is 10.1. The number of benzene rings is 3. The molecule has 3 aromatic rings. The Labute approximate surface area is 215 Å². The van der Waals surface area contributed by atoms with E-state index in [4.69, 9.17) is 40.2 Å². The molecule has 1 aliphatic heterocycles. The number of hydrogen-bond donors (Lipinski definition) is 2. The molecule has 1 aliphatic rings. The Morgan fingerprint density at radius 2 is 1.83 bits per heavy atom. The standard InChI is InChI=1S/C25H16Cl2N2O5S/c26-17-9-8-16(20(27)12-17)13-34-21-7-2-1-4-14(21)11-19-22(30)28-25(35)29(23(19)31)18-6-3-5-15(10-18)24(32)33/h1-12H,13H2,(H,32,33)(H,28,30,35). The number of nitrogens with zero attached hydrogens (tertiary/aromatic N) is 1. The fourth-order valence-corrected chi connectivity index (χ4v) is 4.10. The number of carboxylic acid groups (broad SMARTS) is 1. The zero-order valence-corrected chi connectivity index (χ0v) is 20.2. The molecular formula is C25H16Cl2N2O5S. The van der Waals surface area contributed by atoms with Gasteiger partial charge in [0.25, 0.3) is 11.8 Å². The summed E-state index contributed by atoms with van der Waals surface area (Å²) in [5, 5.41) is 12.6. The van der Waals surface area contributed by atoms with Crippen molar-refractivity contribution < 1.29 is 24.2 Å². The summed E-state index contributed by atoms with van der Waals surface area (Å²) in [5.41, 5.74) is 1.18. The van der Waals surface area contributed by atoms with E-state index in [1.807, 2.05) is 0 Å². The van der Waals surface area contributed by atoms with Crippen molar-refractivity contribution in [3.05, 3.63) is 99.0 Å². The number of nitrogens with one attached hydrogen (secondary N) is 1. The number of carboxylic acids is 1. The molecule has 1 heterocycles. The van der Waals surface area contributed by atoms with Crippen molar-refractivity contribution in [3.63, 3.8) is 0 Å². The van der Waals surface area contributed by atoms with Crippen molar-refractivity contribution in [1.29, 1.82) is 0 Å². The summed E-state index contributed by atoms with van der Waals surface area (Å²) in [6, 6.07) is 17.6. The van der Waals surface area contributed by atoms with Gasteiger partial charge in [-0.1, -0.05) is 53.5 Å². The lowest BCUT2D eigenvalue weighted by molar-refractivity contribution is -0.122. The minimum atomic E-state index is -1.16. The third kappa shape index (κ3) is 5.35. The van der Waals surface area contributed by atoms with Gasteiger partial charge in [-0.25, -0.2) is 4.79 Å². The number of thiocarbonyl (C=S) groups is 1. The zero-order chi connectivity index (χ0) is 25.1. The van der Waals surface area contributed by atoms with Gasteiger partial charge in [-0.3, -0.25) is 19.8 Å². The van der Waals surface area contributed by atoms with Crippen LogP contribution in [0, 0.1) is 0 Å². The van der Waals surface area contributed by atoms with E-state index in [-0.39, 0.29) is 28.5 Å². The fourth-order valence-electron chi connectivity index (χ4n) is 3.35. The van der Waals surface area contributed by atoms with Crippen LogP contribution >= 0.6 is 35.4 Å². The number of aromatic carboxylic acids is 1. The fraction of sp³-hybridized carbons (Fsp3) is 0.0400. The Kier molecular flexibility index (Phi) is 7.16. The molecule has 1 fully saturated rings. The van der Waals surface area contributed by atoms with Crippen LogP contribution in [0.3, 0.4) is 0 Å². The lowest BCUT2D eigenvalue weighted by atomic mass is 10.1. The number of rotatable bonds is 6. The second-order valence-electron chi connectivity index (χ2n) is 7.38. The predicted molar refractivity (Wildman–Crippen MR) is 137 cm³/mol. The Morgan fingerprint density at radius 3 is 2.57 bits per heavy atom. The van der Waals surface area contributed by atoms with Crippen LogP contribution in [-0.2, 0) is 16.2 Å². The van der Waals surface area contributed by atoms with Gasteiger partial charge < -0.3 is 9.84 Å². The van der Waals surface area contributed by atoms with Gasteiger partial charge in [0.15, 0.2) is 5.11 Å². The summed E-state index contributed by atoms with van der Waals surface area (Å²) in [5.74, 6) is -2.12. The molecule has 0 unspecified atom stereocenters. The average molecular weight is 527 g/mol. The zero-order valence-electron chi connectivity index (χ0n) is 17.8. The molecule has 0 radical (unpaired) electrons. The second-order valence-corrected chi connectivity index (χ2v) is 8.61. The first-order chi connectivity index (χ1) is 16.7. The molecule has 0 spiro atoms. The lowest BCUT2D eigenvalue weighted by Crippen LogP contribution is -2.54. The van der Waals surface area contributed by atoms with Crippen LogP contribution in [-0.4, -0.2) is 28.0 Å². The van der Waals surface area contributed by atoms with Crippen LogP contribution in [0.15, 0.2) is 72.3 Å². The molecule has 4 rings (SSSR count). The lowest BCUT2D eigenvalue weighted by Gasteiger charge is -2.29. The third-order valence-electron chi connectivity index (χ3n) is 5.07. The summed E-state index contributed by atoms with van der Waals surface area (Å²) in [7, 11) is 0. The van der Waals surface area contributed by atoms with Crippen molar-refractivity contribution in [2.24, 2.45) is 0 Å². The molecule has 176 valence electrons. The number of anilines is 1. The molecule has 10 heteroatoms. The number of carbonyl (C=O) groups excluding carboxylic acids is 2. The maximum atomic E-state index is 13.3. The van der Waals surface area contributed by atoms with Crippen LogP contribution in [0.5, 0.6) is 5.75 Å². The van der Waals surface area contributed by atoms with E-state index >= 15 is 0 Å². The highest BCUT2D eigenvalue weighted by Gasteiger charge is 2.35. The largest absolute Gasteiger partial charge is 0.488 e. The normalized spacial score (nSPS) is 14.7. The van der Waals surface area contributed by atoms with Gasteiger partial charge in [0.1, 0.15) is 17.9 Å². The highest BCUT2D eigenvalue weighted by molar-refractivity contribution is 7.80. The Bertz CT molecular complexity index is 1410. The Balaban J connectivity index is 1.65. The molecule has 7 nitrogen and oxygen atoms in total. The van der Waals surface area contributed by atoms with Gasteiger partial charge >= 0.3 is 5.97 Å². The van der Waals surface area contributed by atoms with Crippen LogP contribution < -0.4 is 15.0 Å². The monoisotopic (exact) mass is 526 g/mol. The van der Waals surface area contributed by atoms with Crippen molar-refractivity contribution in [3.8, 4) is 5.75 Å². The molecule has 2 N–H and O–H groups in total. The van der Waals surface area contributed by atoms with E-state index in [2.05, 4.69) is 5.32 Å². The van der Waals surface area contributed by atoms with Gasteiger partial charge in [-0.2, -0.15) is 0 Å². The van der Waals surface area contributed by atoms with Crippen molar-refractivity contribution in [2.75, 3.05) is 4.90 Å². The van der Waals surface area contributed by atoms with Crippen LogP contribution in [0.2, 0.25) is 10.0 Å². The minimum Gasteiger partial charge on any atom is -0.488 e. The second kappa shape index (κ2) is 10.3. The highest BCUT2D eigenvalue weighted by atomic mass is 35.5. The van der Waals surface area contributed by atoms with Crippen molar-refractivity contribution >= 4 is 70.1 Å². The van der Waals surface area contributed by atoms with Crippen molar-refractivity contribution in [2.45, 2.75) is 6.61 Å². The number of ether oxygens (including phenoxy) is 1. The first-order valence-corrected chi connectivity index (χ1v) is 11.3. The molecule has 0 saturated carbocycles. The third-order valence-corrected chi connectivity index (χ3v) is 5.94. The molecule has 35 heavy (non-hydrogen) atoms. The van der Waals surface area contributed by atoms with E-state index in [1.54, 1.807) is 42.5 Å². The van der Waals surface area contributed by atoms with Crippen LogP contribution in [0.4, 0.5) is 5.69 Å². The summed E-state index contributed by atoms with van der Waals surface area (Å²) < 4.78 is 5.91. The van der Waals surface area contributed by atoms with E-state index in [1.165, 1.54) is 30.3 Å². The van der Waals surface area contributed by atoms with E-state index in [0.717, 1.165) is 4.90 Å². The van der Waals surface area contributed by atoms with E-state index in [0.29, 0.717) is 26.9 Å². The summed E-state index contributed by atoms with van der Waals surface area (Å²) >= 11 is 17.3. The molecule has 1 saturated heterocycles. The summed E-state index contributed by atoms with van der Waals surface area (Å²) in [6.45, 7) is 0.133. The van der Waals surface area contributed by atoms with E-state index < -0.39 is 17.8 Å². The smallest absolute Gasteiger partial charge is 0.335 e. The number of hydrogen-bond acceptors (Lipinski definition) is 5. The van der Waals surface area contributed by atoms with Gasteiger partial charge in [0.2, 0.25) is 0 Å². The molecule has 3 aromatic carbocycles.